The van der Waals surface area contributed by atoms with E-state index in [4.69, 9.17) is 0 Å². The van der Waals surface area contributed by atoms with Gasteiger partial charge in [-0.1, -0.05) is 32.0 Å². The summed E-state index contributed by atoms with van der Waals surface area (Å²) in [4.78, 5) is 39.8. The largest absolute Gasteiger partial charge is 0.343 e. The number of nitrogens with zero attached hydrogens (tertiary/aromatic N) is 2. The molecule has 0 unspecified atom stereocenters. The van der Waals surface area contributed by atoms with E-state index < -0.39 is 0 Å². The molecule has 1 heterocycles. The first-order valence-electron chi connectivity index (χ1n) is 8.30. The molecule has 2 rings (SSSR count). The Morgan fingerprint density at radius 1 is 1.04 bits per heavy atom. The Balaban J connectivity index is 1.81. The summed E-state index contributed by atoms with van der Waals surface area (Å²) in [6.45, 7) is 7.72. The van der Waals surface area contributed by atoms with E-state index in [9.17, 15) is 14.4 Å². The smallest absolute Gasteiger partial charge is 0.251 e. The number of nitrogens with one attached hydrogen (secondary N) is 1. The molecular weight excluding hydrogens is 306 g/mol. The minimum atomic E-state index is -0.241. The van der Waals surface area contributed by atoms with Crippen molar-refractivity contribution >= 4 is 17.7 Å². The quantitative estimate of drug-likeness (QED) is 0.897. The molecule has 6 heteroatoms. The summed E-state index contributed by atoms with van der Waals surface area (Å²) in [6, 6.07) is 7.27. The molecule has 0 spiro atoms. The molecule has 0 aromatic heterocycles. The number of carbonyl (C=O) groups excluding carboxylic acids is 3. The van der Waals surface area contributed by atoms with Crippen LogP contribution in [0.25, 0.3) is 0 Å². The minimum Gasteiger partial charge on any atom is -0.343 e. The predicted molar refractivity (Wildman–Crippen MR) is 91.5 cm³/mol. The van der Waals surface area contributed by atoms with Crippen LogP contribution in [0.4, 0.5) is 0 Å². The molecule has 24 heavy (non-hydrogen) atoms. The molecule has 1 N–H and O–H groups in total. The van der Waals surface area contributed by atoms with Gasteiger partial charge in [0, 0.05) is 37.7 Å². The normalized spacial score (nSPS) is 14.7. The van der Waals surface area contributed by atoms with Crippen LogP contribution in [0.5, 0.6) is 0 Å². The molecule has 1 saturated heterocycles. The Labute approximate surface area is 142 Å². The van der Waals surface area contributed by atoms with Crippen LogP contribution >= 0.6 is 0 Å². The lowest BCUT2D eigenvalue weighted by molar-refractivity contribution is -0.140. The van der Waals surface area contributed by atoms with Crippen molar-refractivity contribution in [2.45, 2.75) is 20.8 Å². The molecule has 0 bridgehead atoms. The first-order chi connectivity index (χ1) is 11.4. The molecule has 1 aromatic rings. The lowest BCUT2D eigenvalue weighted by Gasteiger charge is -2.35. The van der Waals surface area contributed by atoms with Gasteiger partial charge >= 0.3 is 0 Å². The van der Waals surface area contributed by atoms with E-state index in [1.165, 1.54) is 0 Å². The molecule has 0 atom stereocenters. The van der Waals surface area contributed by atoms with Crippen LogP contribution in [0.2, 0.25) is 0 Å². The van der Waals surface area contributed by atoms with Gasteiger partial charge in [-0.15, -0.1) is 0 Å². The van der Waals surface area contributed by atoms with Crippen molar-refractivity contribution in [3.63, 3.8) is 0 Å². The average molecular weight is 331 g/mol. The molecule has 3 amide bonds. The van der Waals surface area contributed by atoms with Gasteiger partial charge in [-0.25, -0.2) is 0 Å². The van der Waals surface area contributed by atoms with Gasteiger partial charge in [0.25, 0.3) is 5.91 Å². The van der Waals surface area contributed by atoms with E-state index >= 15 is 0 Å². The highest BCUT2D eigenvalue weighted by Crippen LogP contribution is 2.08. The first kappa shape index (κ1) is 18.0. The van der Waals surface area contributed by atoms with Crippen LogP contribution in [0.1, 0.15) is 29.8 Å². The number of piperazine rings is 1. The molecule has 1 aromatic carbocycles. The van der Waals surface area contributed by atoms with Crippen molar-refractivity contribution in [1.29, 1.82) is 0 Å². The zero-order valence-electron chi connectivity index (χ0n) is 14.5. The second-order valence-electron chi connectivity index (χ2n) is 6.36. The van der Waals surface area contributed by atoms with Crippen LogP contribution < -0.4 is 5.32 Å². The fourth-order valence-corrected chi connectivity index (χ4v) is 2.73. The number of hydrogen-bond acceptors (Lipinski definition) is 3. The van der Waals surface area contributed by atoms with Crippen LogP contribution in [0.15, 0.2) is 24.3 Å². The zero-order chi connectivity index (χ0) is 17.7. The van der Waals surface area contributed by atoms with Gasteiger partial charge in [-0.05, 0) is 18.6 Å². The SMILES string of the molecule is Cc1ccccc1C(=O)NCC(=O)N1CCN(C(=O)C(C)C)CC1. The van der Waals surface area contributed by atoms with Gasteiger partial charge in [0.1, 0.15) is 0 Å². The number of carbonyl (C=O) groups is 3. The number of benzene rings is 1. The third-order valence-corrected chi connectivity index (χ3v) is 4.23. The Hall–Kier alpha value is -2.37. The first-order valence-corrected chi connectivity index (χ1v) is 8.30. The summed E-state index contributed by atoms with van der Waals surface area (Å²) in [5.41, 5.74) is 1.46. The lowest BCUT2D eigenvalue weighted by atomic mass is 10.1. The maximum absolute atomic E-state index is 12.2. The van der Waals surface area contributed by atoms with Crippen LogP contribution in [0, 0.1) is 12.8 Å². The van der Waals surface area contributed by atoms with Crippen LogP contribution in [0.3, 0.4) is 0 Å². The van der Waals surface area contributed by atoms with Crippen molar-refractivity contribution in [1.82, 2.24) is 15.1 Å². The molecule has 0 radical (unpaired) electrons. The summed E-state index contributed by atoms with van der Waals surface area (Å²) in [7, 11) is 0. The van der Waals surface area contributed by atoms with E-state index in [0.29, 0.717) is 31.7 Å². The third kappa shape index (κ3) is 4.34. The Kier molecular flexibility index (Phi) is 5.95. The Bertz CT molecular complexity index is 620. The Morgan fingerprint density at radius 3 is 2.21 bits per heavy atom. The number of aryl methyl sites for hydroxylation is 1. The number of amides is 3. The van der Waals surface area contributed by atoms with Crippen molar-refractivity contribution in [3.8, 4) is 0 Å². The summed E-state index contributed by atoms with van der Waals surface area (Å²) >= 11 is 0. The van der Waals surface area contributed by atoms with E-state index in [1.54, 1.807) is 21.9 Å². The highest BCUT2D eigenvalue weighted by Gasteiger charge is 2.25. The van der Waals surface area contributed by atoms with Gasteiger partial charge in [0.15, 0.2) is 0 Å². The second kappa shape index (κ2) is 7.95. The molecule has 0 saturated carbocycles. The summed E-state index contributed by atoms with van der Waals surface area (Å²) in [5, 5.41) is 2.68. The fourth-order valence-electron chi connectivity index (χ4n) is 2.73. The van der Waals surface area contributed by atoms with Crippen molar-refractivity contribution in [3.05, 3.63) is 35.4 Å². The van der Waals surface area contributed by atoms with Gasteiger partial charge in [-0.2, -0.15) is 0 Å². The van der Waals surface area contributed by atoms with Gasteiger partial charge in [0.05, 0.1) is 6.54 Å². The monoisotopic (exact) mass is 331 g/mol. The molecule has 0 aliphatic carbocycles. The second-order valence-corrected chi connectivity index (χ2v) is 6.36. The predicted octanol–water partition coefficient (Wildman–Crippen LogP) is 1.05. The van der Waals surface area contributed by atoms with Crippen molar-refractivity contribution < 1.29 is 14.4 Å². The summed E-state index contributed by atoms with van der Waals surface area (Å²) in [6.07, 6.45) is 0. The zero-order valence-corrected chi connectivity index (χ0v) is 14.5. The molecule has 1 fully saturated rings. The standard InChI is InChI=1S/C18H25N3O3/c1-13(2)18(24)21-10-8-20(9-11-21)16(22)12-19-17(23)15-7-5-4-6-14(15)3/h4-7,13H,8-12H2,1-3H3,(H,19,23). The van der Waals surface area contributed by atoms with Crippen molar-refractivity contribution in [2.24, 2.45) is 5.92 Å². The van der Waals surface area contributed by atoms with Crippen LogP contribution in [-0.4, -0.2) is 60.2 Å². The molecule has 1 aliphatic rings. The number of rotatable bonds is 4. The molecule has 1 aliphatic heterocycles. The minimum absolute atomic E-state index is 0.0225. The molecule has 130 valence electrons. The van der Waals surface area contributed by atoms with Crippen LogP contribution in [-0.2, 0) is 9.59 Å². The lowest BCUT2D eigenvalue weighted by Crippen LogP contribution is -2.53. The van der Waals surface area contributed by atoms with Crippen molar-refractivity contribution in [2.75, 3.05) is 32.7 Å². The maximum atomic E-state index is 12.2. The van der Waals surface area contributed by atoms with E-state index in [-0.39, 0.29) is 30.2 Å². The van der Waals surface area contributed by atoms with Gasteiger partial charge < -0.3 is 15.1 Å². The highest BCUT2D eigenvalue weighted by atomic mass is 16.2. The topological polar surface area (TPSA) is 69.7 Å². The number of hydrogen-bond donors (Lipinski definition) is 1. The van der Waals surface area contributed by atoms with E-state index in [1.807, 2.05) is 32.9 Å². The average Bonchev–Trinajstić information content (AvgIpc) is 2.59. The maximum Gasteiger partial charge on any atom is 0.251 e. The van der Waals surface area contributed by atoms with E-state index in [0.717, 1.165) is 5.56 Å². The molecule has 6 nitrogen and oxygen atoms in total. The fraction of sp³-hybridized carbons (Fsp3) is 0.500. The van der Waals surface area contributed by atoms with Gasteiger partial charge in [-0.3, -0.25) is 14.4 Å². The molecular formula is C18H25N3O3. The summed E-state index contributed by atoms with van der Waals surface area (Å²) < 4.78 is 0. The Morgan fingerprint density at radius 2 is 1.62 bits per heavy atom. The summed E-state index contributed by atoms with van der Waals surface area (Å²) in [5.74, 6) is -0.265. The van der Waals surface area contributed by atoms with Gasteiger partial charge in [0.2, 0.25) is 11.8 Å². The third-order valence-electron chi connectivity index (χ3n) is 4.23. The highest BCUT2D eigenvalue weighted by molar-refractivity contribution is 5.97. The van der Waals surface area contributed by atoms with E-state index in [2.05, 4.69) is 5.32 Å².